The predicted molar refractivity (Wildman–Crippen MR) is 97.7 cm³/mol. The average molecular weight is 370 g/mol. The molecule has 1 aromatic rings. The Bertz CT molecular complexity index is 569. The molecule has 1 aromatic carbocycles. The van der Waals surface area contributed by atoms with Crippen molar-refractivity contribution in [3.63, 3.8) is 0 Å². The predicted octanol–water partition coefficient (Wildman–Crippen LogP) is 1.97. The highest BCUT2D eigenvalue weighted by Gasteiger charge is 2.20. The number of benzene rings is 1. The van der Waals surface area contributed by atoms with Crippen LogP contribution in [0.15, 0.2) is 29.3 Å². The standard InChI is InChI=1S/C18H28F2N4O2/c1-3-21-18(22-11-14-5-4-10-24(14)2)23-12-16(25)13-6-8-15(9-7-13)26-17(19)20/h6-9,14,16-17,25H,3-5,10-12H2,1-2H3,(H2,21,22,23). The van der Waals surface area contributed by atoms with E-state index >= 15 is 0 Å². The highest BCUT2D eigenvalue weighted by atomic mass is 19.3. The van der Waals surface area contributed by atoms with E-state index in [4.69, 9.17) is 0 Å². The molecule has 26 heavy (non-hydrogen) atoms. The molecule has 0 bridgehead atoms. The summed E-state index contributed by atoms with van der Waals surface area (Å²) in [5.41, 5.74) is 0.599. The fourth-order valence-corrected chi connectivity index (χ4v) is 2.95. The maximum atomic E-state index is 12.2. The second-order valence-corrected chi connectivity index (χ2v) is 6.34. The molecule has 0 aromatic heterocycles. The van der Waals surface area contributed by atoms with Gasteiger partial charge in [-0.25, -0.2) is 0 Å². The Morgan fingerprint density at radius 3 is 2.65 bits per heavy atom. The Morgan fingerprint density at radius 1 is 1.35 bits per heavy atom. The number of nitrogens with zero attached hydrogens (tertiary/aromatic N) is 2. The van der Waals surface area contributed by atoms with E-state index in [2.05, 4.69) is 32.3 Å². The Balaban J connectivity index is 1.88. The minimum atomic E-state index is -2.86. The van der Waals surface area contributed by atoms with Gasteiger partial charge in [-0.15, -0.1) is 0 Å². The lowest BCUT2D eigenvalue weighted by Gasteiger charge is -2.21. The third kappa shape index (κ3) is 6.42. The van der Waals surface area contributed by atoms with E-state index in [1.165, 1.54) is 25.0 Å². The molecule has 2 unspecified atom stereocenters. The first-order chi connectivity index (χ1) is 12.5. The zero-order valence-corrected chi connectivity index (χ0v) is 15.3. The van der Waals surface area contributed by atoms with Crippen LogP contribution in [-0.4, -0.2) is 61.8 Å². The second kappa shape index (κ2) is 10.3. The van der Waals surface area contributed by atoms with Gasteiger partial charge in [-0.05, 0) is 51.1 Å². The second-order valence-electron chi connectivity index (χ2n) is 6.34. The van der Waals surface area contributed by atoms with Gasteiger partial charge in [-0.2, -0.15) is 8.78 Å². The van der Waals surface area contributed by atoms with Gasteiger partial charge >= 0.3 is 6.61 Å². The first-order valence-electron chi connectivity index (χ1n) is 8.94. The summed E-state index contributed by atoms with van der Waals surface area (Å²) in [5, 5.41) is 16.8. The summed E-state index contributed by atoms with van der Waals surface area (Å²) in [6, 6.07) is 6.44. The molecule has 6 nitrogen and oxygen atoms in total. The third-order valence-electron chi connectivity index (χ3n) is 4.43. The van der Waals surface area contributed by atoms with Crippen LogP contribution in [-0.2, 0) is 0 Å². The molecule has 1 aliphatic heterocycles. The number of rotatable bonds is 8. The van der Waals surface area contributed by atoms with Crippen LogP contribution >= 0.6 is 0 Å². The molecule has 1 heterocycles. The number of halogens is 2. The summed E-state index contributed by atoms with van der Waals surface area (Å²) in [5.74, 6) is 0.722. The van der Waals surface area contributed by atoms with Crippen molar-refractivity contribution in [2.75, 3.05) is 33.2 Å². The Hall–Kier alpha value is -1.93. The van der Waals surface area contributed by atoms with Gasteiger partial charge in [-0.1, -0.05) is 12.1 Å². The molecule has 1 fully saturated rings. The topological polar surface area (TPSA) is 69.1 Å². The number of hydrogen-bond acceptors (Lipinski definition) is 4. The van der Waals surface area contributed by atoms with Gasteiger partial charge in [0.25, 0.3) is 0 Å². The van der Waals surface area contributed by atoms with Crippen molar-refractivity contribution in [2.45, 2.75) is 38.5 Å². The molecule has 0 aliphatic carbocycles. The largest absolute Gasteiger partial charge is 0.435 e. The summed E-state index contributed by atoms with van der Waals surface area (Å²) >= 11 is 0. The lowest BCUT2D eigenvalue weighted by atomic mass is 10.1. The monoisotopic (exact) mass is 370 g/mol. The molecule has 146 valence electrons. The van der Waals surface area contributed by atoms with Crippen LogP contribution in [0.1, 0.15) is 31.4 Å². The quantitative estimate of drug-likeness (QED) is 0.482. The number of aliphatic hydroxyl groups is 1. The first-order valence-corrected chi connectivity index (χ1v) is 8.94. The lowest BCUT2D eigenvalue weighted by Crippen LogP contribution is -2.44. The average Bonchev–Trinajstić information content (AvgIpc) is 3.02. The van der Waals surface area contributed by atoms with Crippen molar-refractivity contribution >= 4 is 5.96 Å². The number of ether oxygens (including phenoxy) is 1. The fraction of sp³-hybridized carbons (Fsp3) is 0.611. The number of likely N-dealkylation sites (N-methyl/N-ethyl adjacent to an activating group) is 1. The van der Waals surface area contributed by atoms with Gasteiger partial charge < -0.3 is 25.4 Å². The number of aliphatic hydroxyl groups excluding tert-OH is 1. The van der Waals surface area contributed by atoms with Gasteiger partial charge in [0.15, 0.2) is 5.96 Å². The normalized spacial score (nSPS) is 19.6. The Kier molecular flexibility index (Phi) is 8.06. The number of hydrogen-bond donors (Lipinski definition) is 3. The molecule has 2 rings (SSSR count). The summed E-state index contributed by atoms with van der Waals surface area (Å²) in [4.78, 5) is 6.75. The third-order valence-corrected chi connectivity index (χ3v) is 4.43. The molecule has 1 aliphatic rings. The highest BCUT2D eigenvalue weighted by molar-refractivity contribution is 5.79. The number of nitrogens with one attached hydrogen (secondary N) is 2. The molecule has 0 saturated carbocycles. The molecule has 0 radical (unpaired) electrons. The summed E-state index contributed by atoms with van der Waals surface area (Å²) < 4.78 is 28.6. The van der Waals surface area contributed by atoms with Gasteiger partial charge in [0.1, 0.15) is 5.75 Å². The van der Waals surface area contributed by atoms with Crippen molar-refractivity contribution in [1.82, 2.24) is 15.5 Å². The SMILES string of the molecule is CCNC(=NCC(O)c1ccc(OC(F)F)cc1)NCC1CCCN1C. The van der Waals surface area contributed by atoms with Gasteiger partial charge in [0.05, 0.1) is 12.6 Å². The summed E-state index contributed by atoms with van der Waals surface area (Å²) in [7, 11) is 2.12. The molecule has 0 spiro atoms. The van der Waals surface area contributed by atoms with Crippen LogP contribution in [0.3, 0.4) is 0 Å². The Labute approximate surface area is 153 Å². The highest BCUT2D eigenvalue weighted by Crippen LogP contribution is 2.19. The van der Waals surface area contributed by atoms with Crippen LogP contribution in [0, 0.1) is 0 Å². The molecular formula is C18H28F2N4O2. The minimum Gasteiger partial charge on any atom is -0.435 e. The van der Waals surface area contributed by atoms with E-state index in [9.17, 15) is 13.9 Å². The zero-order valence-electron chi connectivity index (χ0n) is 15.3. The minimum absolute atomic E-state index is 0.0649. The van der Waals surface area contributed by atoms with E-state index in [0.29, 0.717) is 17.6 Å². The van der Waals surface area contributed by atoms with Crippen molar-refractivity contribution in [1.29, 1.82) is 0 Å². The summed E-state index contributed by atoms with van der Waals surface area (Å²) in [6.45, 7) is 1.94. The summed E-state index contributed by atoms with van der Waals surface area (Å²) in [6.07, 6.45) is 1.55. The number of aliphatic imine (C=N–C) groups is 1. The molecule has 1 saturated heterocycles. The van der Waals surface area contributed by atoms with Crippen LogP contribution in [0.25, 0.3) is 0 Å². The number of guanidine groups is 1. The van der Waals surface area contributed by atoms with Crippen LogP contribution < -0.4 is 15.4 Å². The maximum absolute atomic E-state index is 12.2. The van der Waals surface area contributed by atoms with Crippen LogP contribution in [0.2, 0.25) is 0 Å². The number of alkyl halides is 2. The van der Waals surface area contributed by atoms with Gasteiger partial charge in [0.2, 0.25) is 0 Å². The van der Waals surface area contributed by atoms with Gasteiger partial charge in [0, 0.05) is 19.1 Å². The van der Waals surface area contributed by atoms with Crippen molar-refractivity contribution < 1.29 is 18.6 Å². The van der Waals surface area contributed by atoms with Crippen molar-refractivity contribution in [3.05, 3.63) is 29.8 Å². The smallest absolute Gasteiger partial charge is 0.387 e. The molecule has 2 atom stereocenters. The fourth-order valence-electron chi connectivity index (χ4n) is 2.95. The van der Waals surface area contributed by atoms with E-state index in [0.717, 1.165) is 19.6 Å². The van der Waals surface area contributed by atoms with Gasteiger partial charge in [-0.3, -0.25) is 4.99 Å². The van der Waals surface area contributed by atoms with E-state index in [-0.39, 0.29) is 12.3 Å². The molecule has 3 N–H and O–H groups in total. The van der Waals surface area contributed by atoms with E-state index < -0.39 is 12.7 Å². The molecule has 0 amide bonds. The first kappa shape index (κ1) is 20.4. The van der Waals surface area contributed by atoms with Crippen molar-refractivity contribution in [2.24, 2.45) is 4.99 Å². The van der Waals surface area contributed by atoms with Crippen LogP contribution in [0.4, 0.5) is 8.78 Å². The van der Waals surface area contributed by atoms with Crippen molar-refractivity contribution in [3.8, 4) is 5.75 Å². The van der Waals surface area contributed by atoms with E-state index in [1.807, 2.05) is 6.92 Å². The lowest BCUT2D eigenvalue weighted by molar-refractivity contribution is -0.0498. The number of likely N-dealkylation sites (tertiary alicyclic amines) is 1. The van der Waals surface area contributed by atoms with Crippen LogP contribution in [0.5, 0.6) is 5.75 Å². The molecule has 8 heteroatoms. The zero-order chi connectivity index (χ0) is 18.9. The maximum Gasteiger partial charge on any atom is 0.387 e. The van der Waals surface area contributed by atoms with E-state index in [1.54, 1.807) is 12.1 Å². The Morgan fingerprint density at radius 2 is 2.08 bits per heavy atom. The molecular weight excluding hydrogens is 342 g/mol.